The Balaban J connectivity index is 1.60. The van der Waals surface area contributed by atoms with Crippen LogP contribution in [0.15, 0.2) is 48.5 Å². The maximum absolute atomic E-state index is 13.7. The third-order valence-electron chi connectivity index (χ3n) is 6.54. The van der Waals surface area contributed by atoms with E-state index in [9.17, 15) is 14.0 Å². The second-order valence-corrected chi connectivity index (χ2v) is 8.89. The molecule has 2 heterocycles. The van der Waals surface area contributed by atoms with Gasteiger partial charge >= 0.3 is 0 Å². The molecule has 5 nitrogen and oxygen atoms in total. The summed E-state index contributed by atoms with van der Waals surface area (Å²) in [4.78, 5) is 28.1. The molecule has 2 aliphatic rings. The van der Waals surface area contributed by atoms with E-state index < -0.39 is 5.41 Å². The number of ether oxygens (including phenoxy) is 1. The van der Waals surface area contributed by atoms with Crippen LogP contribution in [0.4, 0.5) is 4.39 Å². The molecule has 170 valence electrons. The Labute approximate surface area is 188 Å². The Morgan fingerprint density at radius 2 is 1.94 bits per heavy atom. The van der Waals surface area contributed by atoms with Crippen molar-refractivity contribution in [3.8, 4) is 11.1 Å². The maximum Gasteiger partial charge on any atom is 0.251 e. The molecule has 6 heteroatoms. The van der Waals surface area contributed by atoms with Crippen LogP contribution < -0.4 is 5.32 Å². The Hall–Kier alpha value is -2.73. The van der Waals surface area contributed by atoms with Gasteiger partial charge in [0, 0.05) is 26.2 Å². The summed E-state index contributed by atoms with van der Waals surface area (Å²) in [6, 6.07) is 14.4. The molecule has 0 aromatic heterocycles. The van der Waals surface area contributed by atoms with Crippen molar-refractivity contribution < 1.29 is 18.7 Å². The summed E-state index contributed by atoms with van der Waals surface area (Å²) in [6.07, 6.45) is 3.29. The number of amides is 2. The van der Waals surface area contributed by atoms with Gasteiger partial charge in [-0.15, -0.1) is 0 Å². The molecule has 2 atom stereocenters. The fourth-order valence-corrected chi connectivity index (χ4v) is 4.97. The molecule has 2 saturated heterocycles. The fraction of sp³-hybridized carbons (Fsp3) is 0.462. The number of halogens is 1. The van der Waals surface area contributed by atoms with Crippen LogP contribution in [0, 0.1) is 11.2 Å². The van der Waals surface area contributed by atoms with Crippen LogP contribution in [-0.4, -0.2) is 49.1 Å². The number of benzene rings is 2. The van der Waals surface area contributed by atoms with Gasteiger partial charge in [0.25, 0.3) is 5.91 Å². The fourth-order valence-electron chi connectivity index (χ4n) is 4.97. The highest BCUT2D eigenvalue weighted by Crippen LogP contribution is 2.36. The number of hydrogen-bond donors (Lipinski definition) is 1. The monoisotopic (exact) mass is 438 g/mol. The van der Waals surface area contributed by atoms with Gasteiger partial charge in [-0.05, 0) is 67.9 Å². The van der Waals surface area contributed by atoms with Crippen molar-refractivity contribution in [2.45, 2.75) is 45.1 Å². The lowest BCUT2D eigenvalue weighted by molar-refractivity contribution is -0.148. The number of likely N-dealkylation sites (tertiary alicyclic amines) is 1. The molecule has 2 amide bonds. The van der Waals surface area contributed by atoms with E-state index in [4.69, 9.17) is 4.74 Å². The summed E-state index contributed by atoms with van der Waals surface area (Å²) in [5, 5.41) is 3.00. The zero-order chi connectivity index (χ0) is 22.6. The summed E-state index contributed by atoms with van der Waals surface area (Å²) >= 11 is 0. The molecule has 32 heavy (non-hydrogen) atoms. The topological polar surface area (TPSA) is 58.6 Å². The standard InChI is InChI=1S/C26H31FN2O3/c1-2-28-25(31)26(12-6-13-29(18-26)24(30)23-11-5-14-32-23)17-19-7-3-8-20(15-19)21-9-4-10-22(27)16-21/h3-4,7-10,15-16,23H,2,5-6,11-14,17-18H2,1H3,(H,28,31)/t23-,26-/m1/s1. The number of nitrogens with zero attached hydrogens (tertiary/aromatic N) is 1. The minimum Gasteiger partial charge on any atom is -0.368 e. The van der Waals surface area contributed by atoms with Gasteiger partial charge in [0.1, 0.15) is 11.9 Å². The molecule has 0 saturated carbocycles. The molecular weight excluding hydrogens is 407 g/mol. The molecule has 0 bridgehead atoms. The summed E-state index contributed by atoms with van der Waals surface area (Å²) in [5.41, 5.74) is 2.03. The van der Waals surface area contributed by atoms with E-state index in [1.54, 1.807) is 6.07 Å². The number of hydrogen-bond acceptors (Lipinski definition) is 3. The van der Waals surface area contributed by atoms with Crippen LogP contribution in [0.3, 0.4) is 0 Å². The predicted octanol–water partition coefficient (Wildman–Crippen LogP) is 3.96. The number of piperidine rings is 1. The van der Waals surface area contributed by atoms with Crippen LogP contribution >= 0.6 is 0 Å². The Kier molecular flexibility index (Phi) is 6.89. The zero-order valence-electron chi connectivity index (χ0n) is 18.6. The minimum atomic E-state index is -0.691. The minimum absolute atomic E-state index is 0.00406. The summed E-state index contributed by atoms with van der Waals surface area (Å²) in [7, 11) is 0. The van der Waals surface area contributed by atoms with Crippen LogP contribution in [0.25, 0.3) is 11.1 Å². The van der Waals surface area contributed by atoms with Gasteiger partial charge in [0.05, 0.1) is 5.41 Å². The lowest BCUT2D eigenvalue weighted by Crippen LogP contribution is -2.56. The number of nitrogens with one attached hydrogen (secondary N) is 1. The lowest BCUT2D eigenvalue weighted by Gasteiger charge is -2.42. The van der Waals surface area contributed by atoms with Gasteiger partial charge in [0.15, 0.2) is 0 Å². The number of rotatable bonds is 6. The lowest BCUT2D eigenvalue weighted by atomic mass is 9.73. The van der Waals surface area contributed by atoms with Crippen molar-refractivity contribution in [2.24, 2.45) is 5.41 Å². The third-order valence-corrected chi connectivity index (χ3v) is 6.54. The summed E-state index contributed by atoms with van der Waals surface area (Å²) in [6.45, 7) is 4.13. The van der Waals surface area contributed by atoms with E-state index in [0.717, 1.165) is 42.4 Å². The molecule has 0 spiro atoms. The van der Waals surface area contributed by atoms with Gasteiger partial charge in [-0.3, -0.25) is 9.59 Å². The molecule has 2 aromatic carbocycles. The molecule has 2 aliphatic heterocycles. The molecule has 2 fully saturated rings. The van der Waals surface area contributed by atoms with Gasteiger partial charge < -0.3 is 15.0 Å². The van der Waals surface area contributed by atoms with Crippen LogP contribution in [0.2, 0.25) is 0 Å². The number of carbonyl (C=O) groups excluding carboxylic acids is 2. The first-order chi connectivity index (χ1) is 15.5. The van der Waals surface area contributed by atoms with E-state index in [-0.39, 0.29) is 23.7 Å². The van der Waals surface area contributed by atoms with Crippen LogP contribution in [0.5, 0.6) is 0 Å². The molecule has 0 aliphatic carbocycles. The number of carbonyl (C=O) groups is 2. The molecular formula is C26H31FN2O3. The van der Waals surface area contributed by atoms with E-state index in [1.807, 2.05) is 42.2 Å². The quantitative estimate of drug-likeness (QED) is 0.743. The molecule has 0 radical (unpaired) electrons. The van der Waals surface area contributed by atoms with Crippen molar-refractivity contribution in [3.05, 3.63) is 59.9 Å². The second kappa shape index (κ2) is 9.82. The Bertz CT molecular complexity index is 973. The van der Waals surface area contributed by atoms with Crippen molar-refractivity contribution in [1.82, 2.24) is 10.2 Å². The predicted molar refractivity (Wildman–Crippen MR) is 121 cm³/mol. The first-order valence-corrected chi connectivity index (χ1v) is 11.5. The first-order valence-electron chi connectivity index (χ1n) is 11.5. The van der Waals surface area contributed by atoms with E-state index in [0.29, 0.717) is 32.7 Å². The average molecular weight is 439 g/mol. The molecule has 1 N–H and O–H groups in total. The molecule has 2 aromatic rings. The maximum atomic E-state index is 13.7. The first kappa shape index (κ1) is 22.5. The van der Waals surface area contributed by atoms with Crippen LogP contribution in [-0.2, 0) is 20.7 Å². The van der Waals surface area contributed by atoms with Gasteiger partial charge in [0.2, 0.25) is 5.91 Å². The third kappa shape index (κ3) is 4.85. The highest BCUT2D eigenvalue weighted by atomic mass is 19.1. The largest absolute Gasteiger partial charge is 0.368 e. The zero-order valence-corrected chi connectivity index (χ0v) is 18.6. The average Bonchev–Trinajstić information content (AvgIpc) is 3.34. The van der Waals surface area contributed by atoms with Crippen molar-refractivity contribution >= 4 is 11.8 Å². The van der Waals surface area contributed by atoms with Gasteiger partial charge in [-0.2, -0.15) is 0 Å². The SMILES string of the molecule is CCNC(=O)[C@@]1(Cc2cccc(-c3cccc(F)c3)c2)CCCN(C(=O)[C@H]2CCCO2)C1. The van der Waals surface area contributed by atoms with E-state index >= 15 is 0 Å². The summed E-state index contributed by atoms with van der Waals surface area (Å²) < 4.78 is 19.3. The highest BCUT2D eigenvalue weighted by molar-refractivity contribution is 5.86. The van der Waals surface area contributed by atoms with Gasteiger partial charge in [-0.1, -0.05) is 36.4 Å². The van der Waals surface area contributed by atoms with E-state index in [2.05, 4.69) is 5.32 Å². The van der Waals surface area contributed by atoms with Crippen LogP contribution in [0.1, 0.15) is 38.2 Å². The molecule has 4 rings (SSSR count). The Morgan fingerprint density at radius 1 is 1.16 bits per heavy atom. The van der Waals surface area contributed by atoms with E-state index in [1.165, 1.54) is 12.1 Å². The normalized spacial score (nSPS) is 23.2. The smallest absolute Gasteiger partial charge is 0.251 e. The Morgan fingerprint density at radius 3 is 2.66 bits per heavy atom. The summed E-state index contributed by atoms with van der Waals surface area (Å²) in [5.74, 6) is -0.285. The highest BCUT2D eigenvalue weighted by Gasteiger charge is 2.44. The van der Waals surface area contributed by atoms with Crippen molar-refractivity contribution in [2.75, 3.05) is 26.2 Å². The molecule has 0 unspecified atom stereocenters. The van der Waals surface area contributed by atoms with Crippen molar-refractivity contribution in [1.29, 1.82) is 0 Å². The van der Waals surface area contributed by atoms with Gasteiger partial charge in [-0.25, -0.2) is 4.39 Å². The van der Waals surface area contributed by atoms with Crippen molar-refractivity contribution in [3.63, 3.8) is 0 Å². The second-order valence-electron chi connectivity index (χ2n) is 8.89.